The Kier molecular flexibility index (Phi) is 5.97. The molecular formula is C22H25N3O5S. The molecule has 0 radical (unpaired) electrons. The van der Waals surface area contributed by atoms with Crippen LogP contribution in [-0.4, -0.2) is 68.6 Å². The van der Waals surface area contributed by atoms with Crippen LogP contribution in [0.2, 0.25) is 0 Å². The molecule has 2 aromatic carbocycles. The smallest absolute Gasteiger partial charge is 0.266 e. The van der Waals surface area contributed by atoms with E-state index in [1.54, 1.807) is 36.3 Å². The topological polar surface area (TPSA) is 88.5 Å². The van der Waals surface area contributed by atoms with Crippen LogP contribution in [-0.2, 0) is 19.7 Å². The molecule has 0 aromatic heterocycles. The van der Waals surface area contributed by atoms with Crippen molar-refractivity contribution in [3.63, 3.8) is 0 Å². The van der Waals surface area contributed by atoms with Crippen LogP contribution in [0.4, 0.5) is 0 Å². The van der Waals surface area contributed by atoms with Crippen LogP contribution in [0.5, 0.6) is 5.75 Å². The third-order valence-corrected chi connectivity index (χ3v) is 7.49. The highest BCUT2D eigenvalue weighted by atomic mass is 32.2. The minimum absolute atomic E-state index is 0.167. The first-order chi connectivity index (χ1) is 14.9. The first-order valence-corrected chi connectivity index (χ1v) is 11.6. The Labute approximate surface area is 182 Å². The molecule has 8 nitrogen and oxygen atoms in total. The second kappa shape index (κ2) is 8.68. The highest BCUT2D eigenvalue weighted by molar-refractivity contribution is 7.89. The fraction of sp³-hybridized carbons (Fsp3) is 0.364. The molecule has 4 rings (SSSR count). The van der Waals surface area contributed by atoms with Crippen LogP contribution >= 0.6 is 0 Å². The van der Waals surface area contributed by atoms with Gasteiger partial charge >= 0.3 is 0 Å². The summed E-state index contributed by atoms with van der Waals surface area (Å²) in [5, 5.41) is 4.08. The van der Waals surface area contributed by atoms with Crippen molar-refractivity contribution < 1.29 is 22.8 Å². The molecule has 9 heteroatoms. The van der Waals surface area contributed by atoms with Crippen LogP contribution in [0, 0.1) is 6.92 Å². The van der Waals surface area contributed by atoms with Crippen molar-refractivity contribution in [3.8, 4) is 5.75 Å². The molecule has 0 bridgehead atoms. The van der Waals surface area contributed by atoms with E-state index in [9.17, 15) is 13.2 Å². The number of ether oxygens (including phenoxy) is 1. The lowest BCUT2D eigenvalue weighted by atomic mass is 10.0. The fourth-order valence-electron chi connectivity index (χ4n) is 3.68. The number of benzene rings is 2. The average Bonchev–Trinajstić information content (AvgIpc) is 3.29. The number of aryl methyl sites for hydroxylation is 1. The van der Waals surface area contributed by atoms with Crippen LogP contribution in [0.25, 0.3) is 0 Å². The van der Waals surface area contributed by atoms with Gasteiger partial charge in [0.2, 0.25) is 16.1 Å². The second-order valence-electron chi connectivity index (χ2n) is 7.61. The van der Waals surface area contributed by atoms with Crippen molar-refractivity contribution in [3.05, 3.63) is 59.7 Å². The Morgan fingerprint density at radius 1 is 1.03 bits per heavy atom. The number of carbonyl (C=O) groups excluding carboxylic acids is 1. The molecule has 1 unspecified atom stereocenters. The Morgan fingerprint density at radius 3 is 2.29 bits per heavy atom. The van der Waals surface area contributed by atoms with Crippen molar-refractivity contribution in [2.24, 2.45) is 5.16 Å². The lowest BCUT2D eigenvalue weighted by Crippen LogP contribution is -2.52. The number of piperazine rings is 1. The molecule has 0 spiro atoms. The lowest BCUT2D eigenvalue weighted by molar-refractivity contribution is -0.143. The fourth-order valence-corrected chi connectivity index (χ4v) is 5.10. The number of methoxy groups -OCH3 is 1. The van der Waals surface area contributed by atoms with E-state index < -0.39 is 16.1 Å². The molecule has 2 aliphatic heterocycles. The second-order valence-corrected chi connectivity index (χ2v) is 9.55. The molecule has 1 amide bonds. The maximum absolute atomic E-state index is 12.9. The third-order valence-electron chi connectivity index (χ3n) is 5.58. The van der Waals surface area contributed by atoms with Gasteiger partial charge in [0, 0.05) is 32.6 Å². The minimum atomic E-state index is -3.57. The number of sulfonamides is 1. The Hall–Kier alpha value is -2.91. The van der Waals surface area contributed by atoms with E-state index in [-0.39, 0.29) is 23.9 Å². The summed E-state index contributed by atoms with van der Waals surface area (Å²) in [6.07, 6.45) is -0.301. The molecular weight excluding hydrogens is 418 g/mol. The molecule has 2 heterocycles. The van der Waals surface area contributed by atoms with Crippen molar-refractivity contribution in [1.29, 1.82) is 0 Å². The van der Waals surface area contributed by atoms with Gasteiger partial charge in [0.05, 0.1) is 17.7 Å². The summed E-state index contributed by atoms with van der Waals surface area (Å²) in [5.74, 6) is 0.578. The van der Waals surface area contributed by atoms with Crippen LogP contribution in [0.3, 0.4) is 0 Å². The molecule has 1 fully saturated rings. The Bertz CT molecular complexity index is 1070. The maximum Gasteiger partial charge on any atom is 0.266 e. The molecule has 0 aliphatic carbocycles. The van der Waals surface area contributed by atoms with Gasteiger partial charge in [-0.2, -0.15) is 4.31 Å². The Morgan fingerprint density at radius 2 is 1.68 bits per heavy atom. The average molecular weight is 444 g/mol. The van der Waals surface area contributed by atoms with Crippen molar-refractivity contribution >= 4 is 21.6 Å². The van der Waals surface area contributed by atoms with E-state index in [1.807, 2.05) is 31.2 Å². The molecule has 2 aliphatic rings. The summed E-state index contributed by atoms with van der Waals surface area (Å²) >= 11 is 0. The zero-order valence-electron chi connectivity index (χ0n) is 17.5. The molecule has 164 valence electrons. The summed E-state index contributed by atoms with van der Waals surface area (Å²) in [6, 6.07) is 14.2. The highest BCUT2D eigenvalue weighted by Crippen LogP contribution is 2.22. The van der Waals surface area contributed by atoms with Crippen molar-refractivity contribution in [2.45, 2.75) is 24.3 Å². The molecule has 1 atom stereocenters. The van der Waals surface area contributed by atoms with Gasteiger partial charge in [-0.15, -0.1) is 0 Å². The zero-order chi connectivity index (χ0) is 22.0. The van der Waals surface area contributed by atoms with Crippen LogP contribution in [0.1, 0.15) is 17.5 Å². The molecule has 1 saturated heterocycles. The first-order valence-electron chi connectivity index (χ1n) is 10.1. The number of carbonyl (C=O) groups is 1. The highest BCUT2D eigenvalue weighted by Gasteiger charge is 2.36. The summed E-state index contributed by atoms with van der Waals surface area (Å²) in [4.78, 5) is 20.2. The predicted molar refractivity (Wildman–Crippen MR) is 116 cm³/mol. The van der Waals surface area contributed by atoms with Crippen molar-refractivity contribution in [2.75, 3.05) is 33.3 Å². The SMILES string of the molecule is COc1ccc(C2=NOC(C(=O)N3CCN(S(=O)(=O)c4ccc(C)cc4)CC3)C2)cc1. The van der Waals surface area contributed by atoms with Gasteiger partial charge in [0.25, 0.3) is 5.91 Å². The first kappa shape index (κ1) is 21.3. The number of amides is 1. The number of hydrogen-bond donors (Lipinski definition) is 0. The number of rotatable bonds is 5. The largest absolute Gasteiger partial charge is 0.497 e. The van der Waals surface area contributed by atoms with E-state index >= 15 is 0 Å². The molecule has 2 aromatic rings. The monoisotopic (exact) mass is 443 g/mol. The van der Waals surface area contributed by atoms with E-state index in [0.29, 0.717) is 25.2 Å². The zero-order valence-corrected chi connectivity index (χ0v) is 18.3. The van der Waals surface area contributed by atoms with Gasteiger partial charge in [-0.05, 0) is 48.9 Å². The molecule has 0 saturated carbocycles. The summed E-state index contributed by atoms with van der Waals surface area (Å²) in [7, 11) is -1.96. The summed E-state index contributed by atoms with van der Waals surface area (Å²) in [6.45, 7) is 3.06. The number of nitrogens with zero attached hydrogens (tertiary/aromatic N) is 3. The third kappa shape index (κ3) is 4.42. The van der Waals surface area contributed by atoms with E-state index in [4.69, 9.17) is 9.57 Å². The van der Waals surface area contributed by atoms with E-state index in [2.05, 4.69) is 5.16 Å². The van der Waals surface area contributed by atoms with Gasteiger partial charge in [-0.1, -0.05) is 22.9 Å². The van der Waals surface area contributed by atoms with Crippen molar-refractivity contribution in [1.82, 2.24) is 9.21 Å². The number of hydrogen-bond acceptors (Lipinski definition) is 6. The normalized spacial score (nSPS) is 19.6. The van der Waals surface area contributed by atoms with Crippen LogP contribution < -0.4 is 4.74 Å². The standard InChI is InChI=1S/C22H25N3O5S/c1-16-3-9-19(10-4-16)31(27,28)25-13-11-24(12-14-25)22(26)21-15-20(23-30-21)17-5-7-18(29-2)8-6-17/h3-10,21H,11-15H2,1-2H3. The summed E-state index contributed by atoms with van der Waals surface area (Å²) in [5.41, 5.74) is 2.59. The van der Waals surface area contributed by atoms with Crippen LogP contribution in [0.15, 0.2) is 58.6 Å². The molecule has 31 heavy (non-hydrogen) atoms. The van der Waals surface area contributed by atoms with E-state index in [1.165, 1.54) is 4.31 Å². The minimum Gasteiger partial charge on any atom is -0.497 e. The van der Waals surface area contributed by atoms with Gasteiger partial charge in [0.1, 0.15) is 5.75 Å². The Balaban J connectivity index is 1.34. The van der Waals surface area contributed by atoms with E-state index in [0.717, 1.165) is 16.9 Å². The molecule has 0 N–H and O–H groups in total. The van der Waals surface area contributed by atoms with Gasteiger partial charge < -0.3 is 14.5 Å². The maximum atomic E-state index is 12.9. The quantitative estimate of drug-likeness (QED) is 0.706. The van der Waals surface area contributed by atoms with Gasteiger partial charge in [-0.3, -0.25) is 4.79 Å². The summed E-state index contributed by atoms with van der Waals surface area (Å²) < 4.78 is 32.3. The van der Waals surface area contributed by atoms with Gasteiger partial charge in [-0.25, -0.2) is 8.42 Å². The van der Waals surface area contributed by atoms with Gasteiger partial charge in [0.15, 0.2) is 0 Å². The number of oxime groups is 1. The lowest BCUT2D eigenvalue weighted by Gasteiger charge is -2.34. The predicted octanol–water partition coefficient (Wildman–Crippen LogP) is 2.03.